The Morgan fingerprint density at radius 3 is 2.39 bits per heavy atom. The predicted octanol–water partition coefficient (Wildman–Crippen LogP) is 3.28. The maximum atomic E-state index is 11.8. The van der Waals surface area contributed by atoms with Crippen LogP contribution in [0.1, 0.15) is 10.4 Å². The van der Waals surface area contributed by atoms with Crippen molar-refractivity contribution in [3.63, 3.8) is 0 Å². The molecule has 0 spiro atoms. The van der Waals surface area contributed by atoms with Crippen LogP contribution in [-0.4, -0.2) is 5.91 Å². The van der Waals surface area contributed by atoms with Gasteiger partial charge in [0.25, 0.3) is 5.91 Å². The van der Waals surface area contributed by atoms with Crippen LogP contribution in [0.25, 0.3) is 0 Å². The lowest BCUT2D eigenvalue weighted by atomic mass is 10.2. The van der Waals surface area contributed by atoms with Crippen LogP contribution in [0.2, 0.25) is 5.02 Å². The average molecular weight is 279 g/mol. The molecule has 0 radical (unpaired) electrons. The van der Waals surface area contributed by atoms with Gasteiger partial charge in [0.1, 0.15) is 0 Å². The first-order valence-electron chi connectivity index (χ1n) is 5.29. The maximum Gasteiger partial charge on any atom is 0.267 e. The van der Waals surface area contributed by atoms with Crippen LogP contribution >= 0.6 is 23.5 Å². The van der Waals surface area contributed by atoms with Crippen LogP contribution in [0.15, 0.2) is 59.5 Å². The second-order valence-corrected chi connectivity index (χ2v) is 4.74. The molecule has 2 aromatic carbocycles. The summed E-state index contributed by atoms with van der Waals surface area (Å²) in [7, 11) is 0. The SMILES string of the molecule is O=C(NNSc1ccccc1)c1ccccc1Cl. The summed E-state index contributed by atoms with van der Waals surface area (Å²) in [6.45, 7) is 0. The maximum absolute atomic E-state index is 11.8. The normalized spacial score (nSPS) is 10.1. The summed E-state index contributed by atoms with van der Waals surface area (Å²) in [4.78, 5) is 15.6. The van der Waals surface area contributed by atoms with Crippen molar-refractivity contribution >= 4 is 29.5 Å². The second kappa shape index (κ2) is 6.44. The molecule has 18 heavy (non-hydrogen) atoms. The molecule has 0 heterocycles. The number of benzene rings is 2. The van der Waals surface area contributed by atoms with E-state index in [9.17, 15) is 4.79 Å². The van der Waals surface area contributed by atoms with Crippen molar-refractivity contribution in [1.29, 1.82) is 0 Å². The van der Waals surface area contributed by atoms with E-state index < -0.39 is 0 Å². The topological polar surface area (TPSA) is 41.1 Å². The van der Waals surface area contributed by atoms with Gasteiger partial charge in [0.2, 0.25) is 0 Å². The molecule has 2 rings (SSSR count). The Labute approximate surface area is 115 Å². The molecule has 1 amide bonds. The minimum Gasteiger partial charge on any atom is -0.277 e. The van der Waals surface area contributed by atoms with Gasteiger partial charge in [-0.25, -0.2) is 0 Å². The van der Waals surface area contributed by atoms with E-state index in [-0.39, 0.29) is 5.91 Å². The molecule has 0 bridgehead atoms. The summed E-state index contributed by atoms with van der Waals surface area (Å²) in [6, 6.07) is 16.6. The molecule has 3 nitrogen and oxygen atoms in total. The van der Waals surface area contributed by atoms with E-state index in [2.05, 4.69) is 10.3 Å². The van der Waals surface area contributed by atoms with Gasteiger partial charge in [0.05, 0.1) is 10.6 Å². The lowest BCUT2D eigenvalue weighted by molar-refractivity contribution is 0.0947. The van der Waals surface area contributed by atoms with Crippen LogP contribution in [0.4, 0.5) is 0 Å². The smallest absolute Gasteiger partial charge is 0.267 e. The standard InChI is InChI=1S/C13H11ClN2OS/c14-12-9-5-4-8-11(12)13(17)15-16-18-10-6-2-1-3-7-10/h1-9,16H,(H,15,17). The fourth-order valence-corrected chi connectivity index (χ4v) is 2.11. The number of nitrogens with one attached hydrogen (secondary N) is 2. The largest absolute Gasteiger partial charge is 0.277 e. The summed E-state index contributed by atoms with van der Waals surface area (Å²) >= 11 is 7.24. The highest BCUT2D eigenvalue weighted by Gasteiger charge is 2.08. The molecule has 0 saturated carbocycles. The Kier molecular flexibility index (Phi) is 4.64. The second-order valence-electron chi connectivity index (χ2n) is 3.45. The van der Waals surface area contributed by atoms with Crippen molar-refractivity contribution in [2.24, 2.45) is 0 Å². The molecule has 5 heteroatoms. The molecule has 0 saturated heterocycles. The highest BCUT2D eigenvalue weighted by molar-refractivity contribution is 7.97. The number of hydrogen-bond donors (Lipinski definition) is 2. The molecule has 0 fully saturated rings. The minimum atomic E-state index is -0.260. The molecule has 0 aromatic heterocycles. The van der Waals surface area contributed by atoms with Crippen molar-refractivity contribution < 1.29 is 4.79 Å². The van der Waals surface area contributed by atoms with Crippen LogP contribution in [0, 0.1) is 0 Å². The molecular weight excluding hydrogens is 268 g/mol. The Balaban J connectivity index is 1.88. The third-order valence-corrected chi connectivity index (χ3v) is 3.24. The molecule has 0 unspecified atom stereocenters. The van der Waals surface area contributed by atoms with Crippen molar-refractivity contribution in [2.45, 2.75) is 4.90 Å². The summed E-state index contributed by atoms with van der Waals surface area (Å²) in [5.41, 5.74) is 3.02. The number of carbonyl (C=O) groups excluding carboxylic acids is 1. The molecule has 0 aliphatic carbocycles. The van der Waals surface area contributed by atoms with Crippen LogP contribution < -0.4 is 10.3 Å². The zero-order chi connectivity index (χ0) is 12.8. The zero-order valence-corrected chi connectivity index (χ0v) is 11.0. The van der Waals surface area contributed by atoms with Gasteiger partial charge in [0.15, 0.2) is 0 Å². The Hall–Kier alpha value is -1.49. The lowest BCUT2D eigenvalue weighted by Crippen LogP contribution is -2.32. The number of carbonyl (C=O) groups is 1. The molecule has 2 N–H and O–H groups in total. The van der Waals surface area contributed by atoms with Crippen molar-refractivity contribution in [3.8, 4) is 0 Å². The number of halogens is 1. The molecule has 2 aromatic rings. The van der Waals surface area contributed by atoms with Gasteiger partial charge in [-0.2, -0.15) is 4.83 Å². The molecule has 92 valence electrons. The van der Waals surface area contributed by atoms with Crippen LogP contribution in [-0.2, 0) is 0 Å². The number of amides is 1. The van der Waals surface area contributed by atoms with Crippen molar-refractivity contribution in [1.82, 2.24) is 10.3 Å². The van der Waals surface area contributed by atoms with Gasteiger partial charge >= 0.3 is 0 Å². The van der Waals surface area contributed by atoms with E-state index >= 15 is 0 Å². The van der Waals surface area contributed by atoms with E-state index in [0.29, 0.717) is 10.6 Å². The Morgan fingerprint density at radius 2 is 1.67 bits per heavy atom. The first-order chi connectivity index (χ1) is 8.77. The van der Waals surface area contributed by atoms with Gasteiger partial charge in [0, 0.05) is 4.90 Å². The van der Waals surface area contributed by atoms with Crippen LogP contribution in [0.5, 0.6) is 0 Å². The van der Waals surface area contributed by atoms with Crippen molar-refractivity contribution in [2.75, 3.05) is 0 Å². The quantitative estimate of drug-likeness (QED) is 0.666. The minimum absolute atomic E-state index is 0.260. The number of hydrogen-bond acceptors (Lipinski definition) is 3. The highest BCUT2D eigenvalue weighted by atomic mass is 35.5. The first kappa shape index (κ1) is 13.0. The fourth-order valence-electron chi connectivity index (χ4n) is 1.33. The average Bonchev–Trinajstić information content (AvgIpc) is 2.40. The Bertz CT molecular complexity index is 534. The van der Waals surface area contributed by atoms with E-state index in [4.69, 9.17) is 11.6 Å². The van der Waals surface area contributed by atoms with Gasteiger partial charge < -0.3 is 0 Å². The van der Waals surface area contributed by atoms with Gasteiger partial charge in [-0.05, 0) is 36.2 Å². The van der Waals surface area contributed by atoms with E-state index in [1.165, 1.54) is 11.9 Å². The van der Waals surface area contributed by atoms with E-state index in [1.54, 1.807) is 24.3 Å². The van der Waals surface area contributed by atoms with Gasteiger partial charge in [-0.3, -0.25) is 10.2 Å². The third kappa shape index (κ3) is 3.50. The number of rotatable bonds is 4. The summed E-state index contributed by atoms with van der Waals surface area (Å²) in [5, 5.41) is 0.432. The molecule has 0 atom stereocenters. The van der Waals surface area contributed by atoms with E-state index in [1.807, 2.05) is 30.3 Å². The summed E-state index contributed by atoms with van der Waals surface area (Å²) in [5.74, 6) is -0.260. The zero-order valence-electron chi connectivity index (χ0n) is 9.39. The first-order valence-corrected chi connectivity index (χ1v) is 6.48. The predicted molar refractivity (Wildman–Crippen MR) is 74.4 cm³/mol. The third-order valence-electron chi connectivity index (χ3n) is 2.20. The molecular formula is C13H11ClN2OS. The van der Waals surface area contributed by atoms with Crippen molar-refractivity contribution in [3.05, 3.63) is 65.2 Å². The fraction of sp³-hybridized carbons (Fsp3) is 0. The monoisotopic (exact) mass is 278 g/mol. The lowest BCUT2D eigenvalue weighted by Gasteiger charge is -2.07. The summed E-state index contributed by atoms with van der Waals surface area (Å²) in [6.07, 6.45) is 0. The number of hydrazine groups is 1. The molecule has 0 aliphatic rings. The van der Waals surface area contributed by atoms with Gasteiger partial charge in [-0.1, -0.05) is 41.9 Å². The Morgan fingerprint density at radius 1 is 1.00 bits per heavy atom. The molecule has 0 aliphatic heterocycles. The highest BCUT2D eigenvalue weighted by Crippen LogP contribution is 2.15. The summed E-state index contributed by atoms with van der Waals surface area (Å²) < 4.78 is 0. The van der Waals surface area contributed by atoms with Gasteiger partial charge in [-0.15, -0.1) is 0 Å². The van der Waals surface area contributed by atoms with Crippen LogP contribution in [0.3, 0.4) is 0 Å². The van der Waals surface area contributed by atoms with E-state index in [0.717, 1.165) is 4.90 Å².